The second kappa shape index (κ2) is 9.38. The van der Waals surface area contributed by atoms with Crippen LogP contribution in [0.25, 0.3) is 17.5 Å². The van der Waals surface area contributed by atoms with Crippen LogP contribution < -0.4 is 30.5 Å². The van der Waals surface area contributed by atoms with Crippen molar-refractivity contribution in [3.05, 3.63) is 71.8 Å². The molecular weight excluding hydrogens is 476 g/mol. The van der Waals surface area contributed by atoms with Crippen molar-refractivity contribution in [1.82, 2.24) is 4.57 Å². The van der Waals surface area contributed by atoms with Crippen LogP contribution in [0.1, 0.15) is 10.8 Å². The summed E-state index contributed by atoms with van der Waals surface area (Å²) in [6.45, 7) is 0. The van der Waals surface area contributed by atoms with Gasteiger partial charge in [-0.25, -0.2) is 4.79 Å². The van der Waals surface area contributed by atoms with Gasteiger partial charge >= 0.3 is 5.97 Å². The van der Waals surface area contributed by atoms with E-state index < -0.39 is 23.4 Å². The van der Waals surface area contributed by atoms with Crippen molar-refractivity contribution in [2.45, 2.75) is 5.92 Å². The van der Waals surface area contributed by atoms with E-state index in [1.54, 1.807) is 36.4 Å². The van der Waals surface area contributed by atoms with Crippen molar-refractivity contribution >= 4 is 57.7 Å². The number of nitriles is 1. The van der Waals surface area contributed by atoms with E-state index in [2.05, 4.69) is 16.1 Å². The normalized spacial score (nSPS) is 15.5. The third-order valence-corrected chi connectivity index (χ3v) is 7.18. The van der Waals surface area contributed by atoms with Crippen molar-refractivity contribution in [1.29, 1.82) is 5.26 Å². The number of thiazole rings is 1. The number of carbonyl (C=O) groups excluding carboxylic acids is 2. The fourth-order valence-corrected chi connectivity index (χ4v) is 5.52. The predicted octanol–water partition coefficient (Wildman–Crippen LogP) is 1.17. The molecule has 0 spiro atoms. The molecule has 0 fully saturated rings. The van der Waals surface area contributed by atoms with Gasteiger partial charge in [0.05, 0.1) is 37.4 Å². The molecule has 3 N–H and O–H groups in total. The number of anilines is 1. The third-order valence-electron chi connectivity index (χ3n) is 5.14. The van der Waals surface area contributed by atoms with Crippen LogP contribution in [0, 0.1) is 11.3 Å². The van der Waals surface area contributed by atoms with Crippen LogP contribution in [0.15, 0.2) is 52.1 Å². The lowest BCUT2D eigenvalue weighted by atomic mass is 9.88. The molecule has 0 aliphatic carbocycles. The molecular formula is C23H18N4O5S2. The third kappa shape index (κ3) is 4.00. The number of thiophene rings is 1. The minimum absolute atomic E-state index is 0.0312. The number of hydrogen-bond donors (Lipinski definition) is 2. The molecule has 0 saturated carbocycles. The van der Waals surface area contributed by atoms with Gasteiger partial charge in [0, 0.05) is 16.6 Å². The van der Waals surface area contributed by atoms with E-state index >= 15 is 0 Å². The van der Waals surface area contributed by atoms with Crippen molar-refractivity contribution < 1.29 is 19.1 Å². The lowest BCUT2D eigenvalue weighted by Gasteiger charge is -2.24. The maximum absolute atomic E-state index is 13.6. The standard InChI is InChI=1S/C23H18N4O5S2/c1-31-13-7-5-12(6-8-13)26-21(29)19-18(15-4-3-9-33-15)14(11-24)20(25)27-22(30)16(34-23(19)27)10-17(28)32-2/h3-10,18H,25H2,1-2H3,(H,26,29)/b16-10-. The zero-order valence-corrected chi connectivity index (χ0v) is 19.7. The molecule has 11 heteroatoms. The van der Waals surface area contributed by atoms with Gasteiger partial charge in [-0.3, -0.25) is 14.2 Å². The Bertz CT molecular complexity index is 1520. The monoisotopic (exact) mass is 494 g/mol. The van der Waals surface area contributed by atoms with Gasteiger partial charge in [-0.15, -0.1) is 22.7 Å². The van der Waals surface area contributed by atoms with E-state index in [9.17, 15) is 19.6 Å². The van der Waals surface area contributed by atoms with E-state index in [0.717, 1.165) is 22.0 Å². The van der Waals surface area contributed by atoms with Crippen LogP contribution in [0.2, 0.25) is 0 Å². The first-order valence-corrected chi connectivity index (χ1v) is 11.5. The Morgan fingerprint density at radius 3 is 2.56 bits per heavy atom. The van der Waals surface area contributed by atoms with Crippen LogP contribution >= 0.6 is 22.7 Å². The quantitative estimate of drug-likeness (QED) is 0.508. The number of nitrogens with one attached hydrogen (secondary N) is 1. The first-order valence-electron chi connectivity index (χ1n) is 9.84. The lowest BCUT2D eigenvalue weighted by molar-refractivity contribution is -0.133. The highest BCUT2D eigenvalue weighted by atomic mass is 32.1. The number of amides is 1. The number of nitrogens with zero attached hydrogens (tertiary/aromatic N) is 2. The Kier molecular flexibility index (Phi) is 6.36. The summed E-state index contributed by atoms with van der Waals surface area (Å²) < 4.78 is 11.2. The predicted molar refractivity (Wildman–Crippen MR) is 129 cm³/mol. The second-order valence-corrected chi connectivity index (χ2v) is 9.04. The largest absolute Gasteiger partial charge is 0.497 e. The number of esters is 1. The number of carbonyl (C=O) groups is 2. The molecule has 1 aliphatic heterocycles. The highest BCUT2D eigenvalue weighted by molar-refractivity contribution is 7.10. The minimum Gasteiger partial charge on any atom is -0.497 e. The van der Waals surface area contributed by atoms with Gasteiger partial charge in [0.1, 0.15) is 20.8 Å². The van der Waals surface area contributed by atoms with Gasteiger partial charge in [-0.05, 0) is 35.7 Å². The fourth-order valence-electron chi connectivity index (χ4n) is 3.55. The number of aromatic nitrogens is 1. The minimum atomic E-state index is -0.785. The molecule has 1 amide bonds. The second-order valence-electron chi connectivity index (χ2n) is 7.03. The van der Waals surface area contributed by atoms with Gasteiger partial charge in [0.2, 0.25) is 0 Å². The Hall–Kier alpha value is -4.14. The molecule has 34 heavy (non-hydrogen) atoms. The molecule has 1 unspecified atom stereocenters. The van der Waals surface area contributed by atoms with Crippen molar-refractivity contribution in [2.75, 3.05) is 19.5 Å². The molecule has 2 aromatic heterocycles. The van der Waals surface area contributed by atoms with Crippen LogP contribution in [-0.4, -0.2) is 30.7 Å². The summed E-state index contributed by atoms with van der Waals surface area (Å²) >= 11 is 2.29. The van der Waals surface area contributed by atoms with Crippen LogP contribution in [0.4, 0.5) is 5.69 Å². The summed E-state index contributed by atoms with van der Waals surface area (Å²) in [5.41, 5.74) is 6.39. The molecule has 1 aromatic carbocycles. The Morgan fingerprint density at radius 2 is 1.97 bits per heavy atom. The molecule has 0 radical (unpaired) electrons. The molecule has 3 heterocycles. The number of hydrogen-bond acceptors (Lipinski definition) is 9. The number of benzene rings is 1. The summed E-state index contributed by atoms with van der Waals surface area (Å²) in [5, 5.41) is 14.6. The van der Waals surface area contributed by atoms with Crippen molar-refractivity contribution in [2.24, 2.45) is 5.73 Å². The molecule has 1 atom stereocenters. The first-order chi connectivity index (χ1) is 16.4. The molecule has 172 valence electrons. The Balaban J connectivity index is 1.99. The van der Waals surface area contributed by atoms with Gasteiger partial charge in [-0.2, -0.15) is 5.26 Å². The smallest absolute Gasteiger partial charge is 0.332 e. The molecule has 4 rings (SSSR count). The van der Waals surface area contributed by atoms with E-state index in [0.29, 0.717) is 16.3 Å². The average molecular weight is 495 g/mol. The maximum atomic E-state index is 13.6. The van der Waals surface area contributed by atoms with Gasteiger partial charge in [0.15, 0.2) is 0 Å². The van der Waals surface area contributed by atoms with E-state index in [1.807, 2.05) is 5.38 Å². The van der Waals surface area contributed by atoms with Crippen molar-refractivity contribution in [3.8, 4) is 11.8 Å². The number of methoxy groups -OCH3 is 2. The Morgan fingerprint density at radius 1 is 1.24 bits per heavy atom. The fraction of sp³-hybridized carbons (Fsp3) is 0.130. The molecule has 3 aromatic rings. The first kappa shape index (κ1) is 23.0. The number of rotatable bonds is 5. The van der Waals surface area contributed by atoms with E-state index in [1.165, 1.54) is 25.6 Å². The summed E-state index contributed by atoms with van der Waals surface area (Å²) in [6, 6.07) is 12.4. The van der Waals surface area contributed by atoms with Crippen LogP contribution in [0.5, 0.6) is 5.75 Å². The van der Waals surface area contributed by atoms with Crippen LogP contribution in [0.3, 0.4) is 0 Å². The number of ether oxygens (including phenoxy) is 2. The molecule has 0 saturated heterocycles. The average Bonchev–Trinajstić information content (AvgIpc) is 3.48. The highest BCUT2D eigenvalue weighted by Gasteiger charge is 2.36. The highest BCUT2D eigenvalue weighted by Crippen LogP contribution is 2.38. The topological polar surface area (TPSA) is 136 Å². The van der Waals surface area contributed by atoms with Crippen LogP contribution in [-0.2, 0) is 14.3 Å². The lowest BCUT2D eigenvalue weighted by Crippen LogP contribution is -2.40. The summed E-state index contributed by atoms with van der Waals surface area (Å²) in [7, 11) is 2.73. The van der Waals surface area contributed by atoms with Crippen molar-refractivity contribution in [3.63, 3.8) is 0 Å². The van der Waals surface area contributed by atoms with E-state index in [-0.39, 0.29) is 26.2 Å². The SMILES string of the molecule is COC(=O)/C=c1\sc2n(c1=O)C(N)=C(C#N)C(c1cccs1)C=2C(=O)Nc1ccc(OC)cc1. The number of fused-ring (bicyclic) bond motifs is 1. The molecule has 0 bridgehead atoms. The zero-order chi connectivity index (χ0) is 24.4. The Labute approximate surface area is 201 Å². The van der Waals surface area contributed by atoms with Gasteiger partial charge in [0.25, 0.3) is 11.5 Å². The summed E-state index contributed by atoms with van der Waals surface area (Å²) in [6.07, 6.45) is 1.04. The van der Waals surface area contributed by atoms with Gasteiger partial charge in [-0.1, -0.05) is 6.07 Å². The number of nitrogens with two attached hydrogens (primary N) is 1. The zero-order valence-electron chi connectivity index (χ0n) is 18.0. The molecule has 1 aliphatic rings. The summed E-state index contributed by atoms with van der Waals surface area (Å²) in [4.78, 5) is 39.2. The maximum Gasteiger partial charge on any atom is 0.332 e. The number of allylic oxidation sites excluding steroid dienone is 1. The van der Waals surface area contributed by atoms with Gasteiger partial charge < -0.3 is 20.5 Å². The summed E-state index contributed by atoms with van der Waals surface area (Å²) in [5.74, 6) is -1.48. The molecule has 9 nitrogen and oxygen atoms in total. The van der Waals surface area contributed by atoms with E-state index in [4.69, 9.17) is 10.5 Å².